The number of ether oxygens (including phenoxy) is 1. The molecule has 0 radical (unpaired) electrons. The molecule has 1 saturated carbocycles. The van der Waals surface area contributed by atoms with Crippen molar-refractivity contribution >= 4 is 23.7 Å². The second-order valence-electron chi connectivity index (χ2n) is 9.09. The monoisotopic (exact) mass is 477 g/mol. The molecule has 4 atom stereocenters. The largest absolute Gasteiger partial charge is 0.450 e. The Labute approximate surface area is 203 Å². The van der Waals surface area contributed by atoms with Gasteiger partial charge in [-0.2, -0.15) is 4.37 Å². The number of fused-ring (bicyclic) bond motifs is 2. The van der Waals surface area contributed by atoms with Gasteiger partial charge >= 0.3 is 6.09 Å². The molecular weight excluding hydrogens is 449 g/mol. The van der Waals surface area contributed by atoms with Crippen molar-refractivity contribution in [1.82, 2.24) is 14.7 Å². The Bertz CT molecular complexity index is 1180. The molecule has 0 saturated heterocycles. The summed E-state index contributed by atoms with van der Waals surface area (Å²) in [5.74, 6) is 1.04. The van der Waals surface area contributed by atoms with Crippen molar-refractivity contribution in [2.75, 3.05) is 6.61 Å². The number of aromatic nitrogens is 2. The maximum atomic E-state index is 13.5. The molecule has 2 aliphatic carbocycles. The van der Waals surface area contributed by atoms with Gasteiger partial charge in [0.15, 0.2) is 0 Å². The van der Waals surface area contributed by atoms with E-state index in [0.29, 0.717) is 24.4 Å². The van der Waals surface area contributed by atoms with Gasteiger partial charge in [-0.05, 0) is 91.4 Å². The molecular formula is C27H28FN3O2S. The molecule has 1 fully saturated rings. The first kappa shape index (κ1) is 22.7. The summed E-state index contributed by atoms with van der Waals surface area (Å²) in [4.78, 5) is 16.5. The number of halogens is 1. The standard InChI is InChI=1S/C27H28FN3O2S/c1-2-33-27(32)30-22-9-10-23-19(13-22)14-26-25(16-34-31-26)24(23)11-8-21-7-6-18(15-29-21)17-4-3-5-20(28)12-17/h3-8,11-12,15-16,19,22-24H,2,9-10,13-14H2,1H3,(H,30,32)/b11-8+/t19-,22-,23+,24-/m0/s1. The van der Waals surface area contributed by atoms with Gasteiger partial charge in [0.2, 0.25) is 0 Å². The first-order valence-electron chi connectivity index (χ1n) is 11.9. The van der Waals surface area contributed by atoms with Crippen molar-refractivity contribution in [3.05, 3.63) is 76.8 Å². The van der Waals surface area contributed by atoms with Crippen LogP contribution in [0.3, 0.4) is 0 Å². The predicted octanol–water partition coefficient (Wildman–Crippen LogP) is 6.23. The minimum atomic E-state index is -0.319. The molecule has 2 heterocycles. The molecule has 0 unspecified atom stereocenters. The number of carbonyl (C=O) groups is 1. The summed E-state index contributed by atoms with van der Waals surface area (Å²) >= 11 is 1.53. The molecule has 1 aromatic carbocycles. The number of alkyl carbamates (subject to hydrolysis) is 1. The maximum Gasteiger partial charge on any atom is 0.407 e. The van der Waals surface area contributed by atoms with E-state index in [1.807, 2.05) is 25.1 Å². The number of benzene rings is 1. The molecule has 2 aromatic heterocycles. The van der Waals surface area contributed by atoms with Crippen molar-refractivity contribution in [3.63, 3.8) is 0 Å². The quantitative estimate of drug-likeness (QED) is 0.473. The molecule has 0 spiro atoms. The molecule has 1 amide bonds. The molecule has 3 aromatic rings. The van der Waals surface area contributed by atoms with Crippen molar-refractivity contribution in [1.29, 1.82) is 0 Å². The Morgan fingerprint density at radius 1 is 1.26 bits per heavy atom. The number of allylic oxidation sites excluding steroid dienone is 1. The smallest absolute Gasteiger partial charge is 0.407 e. The zero-order valence-corrected chi connectivity index (χ0v) is 19.9. The van der Waals surface area contributed by atoms with E-state index in [2.05, 4.69) is 32.2 Å². The van der Waals surface area contributed by atoms with Gasteiger partial charge in [-0.25, -0.2) is 9.18 Å². The lowest BCUT2D eigenvalue weighted by Gasteiger charge is -2.42. The molecule has 0 aliphatic heterocycles. The summed E-state index contributed by atoms with van der Waals surface area (Å²) < 4.78 is 23.3. The van der Waals surface area contributed by atoms with E-state index in [1.54, 1.807) is 12.3 Å². The summed E-state index contributed by atoms with van der Waals surface area (Å²) in [5.41, 5.74) is 5.11. The number of hydrogen-bond acceptors (Lipinski definition) is 5. The fourth-order valence-electron chi connectivity index (χ4n) is 5.43. The Morgan fingerprint density at radius 2 is 2.18 bits per heavy atom. The van der Waals surface area contributed by atoms with Crippen LogP contribution < -0.4 is 5.32 Å². The SMILES string of the molecule is CCOC(=O)N[C@H]1CC[C@@H]2[C@H](Cc3nscc3[C@H]2/C=C/c2ccc(-c3cccc(F)c3)cn2)C1. The third-order valence-corrected chi connectivity index (χ3v) is 7.69. The highest BCUT2D eigenvalue weighted by Gasteiger charge is 2.40. The lowest BCUT2D eigenvalue weighted by molar-refractivity contribution is 0.129. The highest BCUT2D eigenvalue weighted by atomic mass is 32.1. The lowest BCUT2D eigenvalue weighted by Crippen LogP contribution is -2.44. The van der Waals surface area contributed by atoms with Crippen LogP contribution in [0.4, 0.5) is 9.18 Å². The minimum Gasteiger partial charge on any atom is -0.450 e. The van der Waals surface area contributed by atoms with Crippen LogP contribution in [0.25, 0.3) is 17.2 Å². The van der Waals surface area contributed by atoms with Crippen LogP contribution in [0.5, 0.6) is 0 Å². The second kappa shape index (κ2) is 10.1. The van der Waals surface area contributed by atoms with Crippen LogP contribution in [0.15, 0.2) is 54.1 Å². The van der Waals surface area contributed by atoms with E-state index in [0.717, 1.165) is 42.5 Å². The highest BCUT2D eigenvalue weighted by Crippen LogP contribution is 2.48. The number of amides is 1. The van der Waals surface area contributed by atoms with E-state index in [9.17, 15) is 9.18 Å². The van der Waals surface area contributed by atoms with E-state index < -0.39 is 0 Å². The summed E-state index contributed by atoms with van der Waals surface area (Å²) in [6.45, 7) is 2.21. The van der Waals surface area contributed by atoms with Gasteiger partial charge in [-0.1, -0.05) is 24.3 Å². The van der Waals surface area contributed by atoms with Gasteiger partial charge in [-0.15, -0.1) is 0 Å². The van der Waals surface area contributed by atoms with Gasteiger partial charge in [0.05, 0.1) is 18.0 Å². The Hall–Kier alpha value is -3.06. The highest BCUT2D eigenvalue weighted by molar-refractivity contribution is 7.03. The van der Waals surface area contributed by atoms with Gasteiger partial charge < -0.3 is 10.1 Å². The topological polar surface area (TPSA) is 64.1 Å². The molecule has 5 nitrogen and oxygen atoms in total. The van der Waals surface area contributed by atoms with Crippen LogP contribution in [0.2, 0.25) is 0 Å². The summed E-state index contributed by atoms with van der Waals surface area (Å²) in [6, 6.07) is 10.7. The number of rotatable bonds is 5. The molecule has 0 bridgehead atoms. The number of nitrogens with one attached hydrogen (secondary N) is 1. The molecule has 7 heteroatoms. The van der Waals surface area contributed by atoms with E-state index in [-0.39, 0.29) is 18.0 Å². The number of nitrogens with zero attached hydrogens (tertiary/aromatic N) is 2. The third kappa shape index (κ3) is 4.89. The average Bonchev–Trinajstić information content (AvgIpc) is 3.30. The molecule has 34 heavy (non-hydrogen) atoms. The van der Waals surface area contributed by atoms with Crippen molar-refractivity contribution in [2.24, 2.45) is 11.8 Å². The normalized spacial score (nSPS) is 23.8. The van der Waals surface area contributed by atoms with E-state index in [1.165, 1.54) is 34.9 Å². The number of pyridine rings is 1. The van der Waals surface area contributed by atoms with Crippen molar-refractivity contribution in [3.8, 4) is 11.1 Å². The van der Waals surface area contributed by atoms with Crippen LogP contribution >= 0.6 is 11.5 Å². The Kier molecular flexibility index (Phi) is 6.72. The minimum absolute atomic E-state index is 0.155. The van der Waals surface area contributed by atoms with Crippen LogP contribution in [-0.2, 0) is 11.2 Å². The maximum absolute atomic E-state index is 13.5. The third-order valence-electron chi connectivity index (χ3n) is 7.01. The molecule has 5 rings (SSSR count). The van der Waals surface area contributed by atoms with Crippen LogP contribution in [0, 0.1) is 17.7 Å². The second-order valence-corrected chi connectivity index (χ2v) is 9.72. The van der Waals surface area contributed by atoms with Gasteiger partial charge in [0.25, 0.3) is 0 Å². The zero-order chi connectivity index (χ0) is 23.5. The number of carbonyl (C=O) groups excluding carboxylic acids is 1. The predicted molar refractivity (Wildman–Crippen MR) is 132 cm³/mol. The summed E-state index contributed by atoms with van der Waals surface area (Å²) in [5, 5.41) is 5.22. The first-order chi connectivity index (χ1) is 16.6. The van der Waals surface area contributed by atoms with Gasteiger partial charge in [-0.3, -0.25) is 4.98 Å². The number of hydrogen-bond donors (Lipinski definition) is 1. The summed E-state index contributed by atoms with van der Waals surface area (Å²) in [7, 11) is 0. The van der Waals surface area contributed by atoms with Crippen molar-refractivity contribution < 1.29 is 13.9 Å². The molecule has 1 N–H and O–H groups in total. The first-order valence-corrected chi connectivity index (χ1v) is 12.7. The fourth-order valence-corrected chi connectivity index (χ4v) is 6.20. The van der Waals surface area contributed by atoms with Crippen molar-refractivity contribution in [2.45, 2.75) is 44.6 Å². The Balaban J connectivity index is 1.32. The summed E-state index contributed by atoms with van der Waals surface area (Å²) in [6.07, 6.45) is 9.76. The van der Waals surface area contributed by atoms with Crippen LogP contribution in [0.1, 0.15) is 49.1 Å². The zero-order valence-electron chi connectivity index (χ0n) is 19.1. The van der Waals surface area contributed by atoms with E-state index in [4.69, 9.17) is 4.74 Å². The molecule has 176 valence electrons. The van der Waals surface area contributed by atoms with Gasteiger partial charge in [0, 0.05) is 29.1 Å². The van der Waals surface area contributed by atoms with E-state index >= 15 is 0 Å². The Morgan fingerprint density at radius 3 is 2.97 bits per heavy atom. The van der Waals surface area contributed by atoms with Gasteiger partial charge in [0.1, 0.15) is 5.82 Å². The average molecular weight is 478 g/mol. The molecule has 2 aliphatic rings. The van der Waals surface area contributed by atoms with Crippen LogP contribution in [-0.4, -0.2) is 28.1 Å². The fraction of sp³-hybridized carbons (Fsp3) is 0.370. The lowest BCUT2D eigenvalue weighted by atomic mass is 9.64.